The van der Waals surface area contributed by atoms with Gasteiger partial charge in [0.15, 0.2) is 0 Å². The Labute approximate surface area is 132 Å². The molecule has 0 spiro atoms. The van der Waals surface area contributed by atoms with Crippen LogP contribution in [0.1, 0.15) is 27.6 Å². The van der Waals surface area contributed by atoms with E-state index in [2.05, 4.69) is 24.6 Å². The molecule has 0 bridgehead atoms. The molecule has 0 aliphatic carbocycles. The molecular formula is C18H25NSi. The number of pyridine rings is 1. The maximum atomic E-state index is 8.62. The first-order valence-electron chi connectivity index (χ1n) is 9.76. The molecule has 0 amide bonds. The smallest absolute Gasteiger partial charge is 0.0799 e. The van der Waals surface area contributed by atoms with Crippen LogP contribution in [0.4, 0.5) is 0 Å². The van der Waals surface area contributed by atoms with Gasteiger partial charge in [0.2, 0.25) is 0 Å². The van der Waals surface area contributed by atoms with Gasteiger partial charge in [-0.3, -0.25) is 4.98 Å². The summed E-state index contributed by atoms with van der Waals surface area (Å²) >= 11 is 0. The largest absolute Gasteiger partial charge is 0.256 e. The third-order valence-corrected chi connectivity index (χ3v) is 5.12. The molecule has 106 valence electrons. The highest BCUT2D eigenvalue weighted by Crippen LogP contribution is 2.20. The molecular weight excluding hydrogens is 258 g/mol. The molecule has 1 nitrogen and oxygen atoms in total. The van der Waals surface area contributed by atoms with Crippen LogP contribution in [0.15, 0.2) is 42.6 Å². The Morgan fingerprint density at radius 1 is 1.30 bits per heavy atom. The van der Waals surface area contributed by atoms with E-state index < -0.39 is 27.2 Å². The van der Waals surface area contributed by atoms with Crippen molar-refractivity contribution in [3.05, 3.63) is 48.2 Å². The van der Waals surface area contributed by atoms with Gasteiger partial charge in [-0.1, -0.05) is 63.7 Å². The standard InChI is InChI=1S/C18H25NSi/c1-14(2)11-16-12-17(15-9-7-6-8-10-15)19-13-18(16)20(3,4)5/h6-10,12-14H,11H2,1-5H3/i1D3,11D2,14D. The third-order valence-electron chi connectivity index (χ3n) is 3.10. The summed E-state index contributed by atoms with van der Waals surface area (Å²) < 4.78 is 48.6. The van der Waals surface area contributed by atoms with E-state index in [1.807, 2.05) is 30.3 Å². The highest BCUT2D eigenvalue weighted by Gasteiger charge is 2.21. The van der Waals surface area contributed by atoms with Crippen LogP contribution in [-0.4, -0.2) is 13.1 Å². The molecule has 0 fully saturated rings. The first-order valence-corrected chi connectivity index (χ1v) is 10.3. The van der Waals surface area contributed by atoms with E-state index in [1.165, 1.54) is 0 Å². The molecule has 1 aromatic heterocycles. The normalized spacial score (nSPS) is 20.6. The summed E-state index contributed by atoms with van der Waals surface area (Å²) in [6.45, 7) is 4.56. The number of rotatable bonds is 4. The Hall–Kier alpha value is -1.41. The predicted octanol–water partition coefficient (Wildman–Crippen LogP) is 4.49. The summed E-state index contributed by atoms with van der Waals surface area (Å²) in [7, 11) is -2.02. The van der Waals surface area contributed by atoms with Crippen molar-refractivity contribution < 1.29 is 8.22 Å². The van der Waals surface area contributed by atoms with Gasteiger partial charge in [-0.25, -0.2) is 0 Å². The minimum absolute atomic E-state index is 0.263. The predicted molar refractivity (Wildman–Crippen MR) is 91.2 cm³/mol. The quantitative estimate of drug-likeness (QED) is 0.756. The number of hydrogen-bond acceptors (Lipinski definition) is 1. The molecule has 1 atom stereocenters. The fraction of sp³-hybridized carbons (Fsp3) is 0.389. The highest BCUT2D eigenvalue weighted by molar-refractivity contribution is 6.89. The van der Waals surface area contributed by atoms with E-state index in [0.717, 1.165) is 17.7 Å². The maximum Gasteiger partial charge on any atom is 0.0799 e. The van der Waals surface area contributed by atoms with Crippen LogP contribution in [0, 0.1) is 5.89 Å². The summed E-state index contributed by atoms with van der Waals surface area (Å²) in [6, 6.07) is 11.0. The average molecular weight is 290 g/mol. The zero-order valence-electron chi connectivity index (χ0n) is 18.5. The van der Waals surface area contributed by atoms with Crippen molar-refractivity contribution in [3.8, 4) is 11.3 Å². The third kappa shape index (κ3) is 3.57. The van der Waals surface area contributed by atoms with Crippen molar-refractivity contribution >= 4 is 13.3 Å². The minimum atomic E-state index is -2.76. The molecule has 2 rings (SSSR count). The Kier molecular flexibility index (Phi) is 2.60. The fourth-order valence-corrected chi connectivity index (χ4v) is 3.52. The number of hydrogen-bond donors (Lipinski definition) is 0. The Morgan fingerprint density at radius 2 is 2.00 bits per heavy atom. The van der Waals surface area contributed by atoms with Gasteiger partial charge in [0.25, 0.3) is 0 Å². The van der Waals surface area contributed by atoms with E-state index in [-0.39, 0.29) is 5.56 Å². The summed E-state index contributed by atoms with van der Waals surface area (Å²) in [5.74, 6) is -2.29. The van der Waals surface area contributed by atoms with Crippen LogP contribution in [0.5, 0.6) is 0 Å². The van der Waals surface area contributed by atoms with Gasteiger partial charge in [0.05, 0.1) is 13.8 Å². The van der Waals surface area contributed by atoms with Crippen molar-refractivity contribution in [2.75, 3.05) is 0 Å². The van der Waals surface area contributed by atoms with Gasteiger partial charge < -0.3 is 0 Å². The lowest BCUT2D eigenvalue weighted by Gasteiger charge is -2.22. The molecule has 2 aromatic rings. The lowest BCUT2D eigenvalue weighted by atomic mass is 10.0. The van der Waals surface area contributed by atoms with Crippen molar-refractivity contribution in [1.82, 2.24) is 4.98 Å². The van der Waals surface area contributed by atoms with E-state index >= 15 is 0 Å². The Bertz CT molecular complexity index is 779. The molecule has 2 heteroatoms. The first kappa shape index (κ1) is 8.78. The summed E-state index contributed by atoms with van der Waals surface area (Å²) in [5.41, 5.74) is 1.67. The van der Waals surface area contributed by atoms with Crippen LogP contribution < -0.4 is 5.19 Å². The summed E-state index contributed by atoms with van der Waals surface area (Å²) in [5, 5.41) is 0.741. The SMILES string of the molecule is [2H]C([2H])([2H])C([2H])(C)C([2H])([2H])c1cc(-c2ccccc2)ncc1[Si](C)(C)C. The monoisotopic (exact) mass is 289 g/mol. The van der Waals surface area contributed by atoms with Crippen molar-refractivity contribution in [2.45, 2.75) is 39.8 Å². The fourth-order valence-electron chi connectivity index (χ4n) is 2.13. The second-order valence-corrected chi connectivity index (χ2v) is 11.0. The van der Waals surface area contributed by atoms with Gasteiger partial charge in [-0.05, 0) is 29.1 Å². The molecule has 1 aromatic carbocycles. The van der Waals surface area contributed by atoms with Crippen molar-refractivity contribution in [2.24, 2.45) is 5.89 Å². The Balaban J connectivity index is 2.75. The summed E-state index contributed by atoms with van der Waals surface area (Å²) in [6.07, 6.45) is -0.697. The van der Waals surface area contributed by atoms with Crippen LogP contribution in [0.3, 0.4) is 0 Å². The molecule has 0 saturated carbocycles. The van der Waals surface area contributed by atoms with Crippen LogP contribution in [0.2, 0.25) is 19.6 Å². The van der Waals surface area contributed by atoms with Gasteiger partial charge in [0.1, 0.15) is 0 Å². The van der Waals surface area contributed by atoms with Gasteiger partial charge in [-0.15, -0.1) is 0 Å². The second-order valence-electron chi connectivity index (χ2n) is 5.98. The molecule has 0 aliphatic rings. The molecule has 20 heavy (non-hydrogen) atoms. The van der Waals surface area contributed by atoms with Gasteiger partial charge >= 0.3 is 0 Å². The lowest BCUT2D eigenvalue weighted by Crippen LogP contribution is -2.40. The van der Waals surface area contributed by atoms with Crippen LogP contribution in [0.25, 0.3) is 11.3 Å². The van der Waals surface area contributed by atoms with E-state index in [1.54, 1.807) is 12.3 Å². The average Bonchev–Trinajstić information content (AvgIpc) is 2.53. The van der Waals surface area contributed by atoms with Crippen molar-refractivity contribution in [3.63, 3.8) is 0 Å². The zero-order valence-corrected chi connectivity index (χ0v) is 13.5. The first-order chi connectivity index (χ1) is 11.7. The van der Waals surface area contributed by atoms with Gasteiger partial charge in [-0.2, -0.15) is 0 Å². The van der Waals surface area contributed by atoms with Crippen LogP contribution >= 0.6 is 0 Å². The molecule has 1 heterocycles. The maximum absolute atomic E-state index is 8.62. The second kappa shape index (κ2) is 5.92. The highest BCUT2D eigenvalue weighted by atomic mass is 28.3. The molecule has 0 saturated heterocycles. The number of nitrogens with zero attached hydrogens (tertiary/aromatic N) is 1. The number of aromatic nitrogens is 1. The Morgan fingerprint density at radius 3 is 2.60 bits per heavy atom. The lowest BCUT2D eigenvalue weighted by molar-refractivity contribution is 0.649. The van der Waals surface area contributed by atoms with Crippen molar-refractivity contribution in [1.29, 1.82) is 0 Å². The zero-order chi connectivity index (χ0) is 20.0. The van der Waals surface area contributed by atoms with Gasteiger partial charge in [0, 0.05) is 20.0 Å². The number of benzene rings is 1. The van der Waals surface area contributed by atoms with E-state index in [9.17, 15) is 0 Å². The molecule has 1 unspecified atom stereocenters. The molecule has 0 radical (unpaired) electrons. The minimum Gasteiger partial charge on any atom is -0.256 e. The molecule has 0 N–H and O–H groups in total. The topological polar surface area (TPSA) is 12.9 Å². The van der Waals surface area contributed by atoms with E-state index in [4.69, 9.17) is 8.22 Å². The summed E-state index contributed by atoms with van der Waals surface area (Å²) in [4.78, 5) is 4.50. The molecule has 0 aliphatic heterocycles. The van der Waals surface area contributed by atoms with Crippen LogP contribution in [-0.2, 0) is 6.37 Å². The van der Waals surface area contributed by atoms with E-state index in [0.29, 0.717) is 5.69 Å².